The van der Waals surface area contributed by atoms with Crippen molar-refractivity contribution in [3.05, 3.63) is 51.5 Å². The molecule has 0 bridgehead atoms. The van der Waals surface area contributed by atoms with Gasteiger partial charge in [0.15, 0.2) is 11.4 Å². The highest BCUT2D eigenvalue weighted by molar-refractivity contribution is 6.24. The predicted octanol–water partition coefficient (Wildman–Crippen LogP) is 2.56. The summed E-state index contributed by atoms with van der Waals surface area (Å²) in [6, 6.07) is 3.27. The van der Waals surface area contributed by atoms with E-state index in [9.17, 15) is 34.8 Å². The topological polar surface area (TPSA) is 158 Å². The minimum absolute atomic E-state index is 0.0771. The second-order valence-corrected chi connectivity index (χ2v) is 9.56. The molecule has 33 heavy (non-hydrogen) atoms. The normalized spacial score (nSPS) is 27.7. The number of phenolic OH excluding ortho intramolecular Hbond substituents is 1. The first kappa shape index (κ1) is 23.0. The van der Waals surface area contributed by atoms with Crippen LogP contribution in [-0.4, -0.2) is 43.5 Å². The third kappa shape index (κ3) is 3.35. The summed E-state index contributed by atoms with van der Waals surface area (Å²) in [5.41, 5.74) is 3.53. The number of allylic oxidation sites excluding steroid dienone is 2. The number of amides is 1. The number of phenols is 1. The molecule has 3 aliphatic rings. The van der Waals surface area contributed by atoms with Crippen molar-refractivity contribution in [3.8, 4) is 5.75 Å². The highest BCUT2D eigenvalue weighted by atomic mass is 16.3. The lowest BCUT2D eigenvalue weighted by Gasteiger charge is -2.45. The van der Waals surface area contributed by atoms with Crippen LogP contribution < -0.4 is 5.73 Å². The number of aliphatic hydroxyl groups is 3. The molecule has 8 heteroatoms. The molecule has 6 N–H and O–H groups in total. The summed E-state index contributed by atoms with van der Waals surface area (Å²) in [5.74, 6) is -5.55. The number of aliphatic hydroxyl groups excluding tert-OH is 2. The van der Waals surface area contributed by atoms with Crippen LogP contribution in [0.3, 0.4) is 0 Å². The molecule has 4 atom stereocenters. The SMILES string of the molecule is CCC(C)CCc1ccc(O)c2c1C[C@H]1C[C@H]3CC(O)=C(C(N)=O)C(=O)[C@@]3(O)C(O)=C1C2=O. The molecule has 0 heterocycles. The summed E-state index contributed by atoms with van der Waals surface area (Å²) in [6.07, 6.45) is 2.95. The molecule has 0 fully saturated rings. The zero-order chi connectivity index (χ0) is 24.2. The molecule has 1 amide bonds. The van der Waals surface area contributed by atoms with E-state index in [1.54, 1.807) is 0 Å². The number of fused-ring (bicyclic) bond motifs is 3. The Hall–Kier alpha value is -3.13. The van der Waals surface area contributed by atoms with E-state index >= 15 is 0 Å². The number of ketones is 2. The Labute approximate surface area is 191 Å². The highest BCUT2D eigenvalue weighted by Gasteiger charge is 2.59. The predicted molar refractivity (Wildman–Crippen MR) is 119 cm³/mol. The van der Waals surface area contributed by atoms with Crippen molar-refractivity contribution in [1.82, 2.24) is 0 Å². The summed E-state index contributed by atoms with van der Waals surface area (Å²) >= 11 is 0. The lowest BCUT2D eigenvalue weighted by atomic mass is 9.60. The van der Waals surface area contributed by atoms with E-state index in [-0.39, 0.29) is 29.7 Å². The number of carbonyl (C=O) groups excluding carboxylic acids is 3. The van der Waals surface area contributed by atoms with Gasteiger partial charge in [0.2, 0.25) is 5.78 Å². The molecule has 8 nitrogen and oxygen atoms in total. The van der Waals surface area contributed by atoms with Crippen LogP contribution in [0.1, 0.15) is 61.0 Å². The molecule has 0 saturated carbocycles. The fourth-order valence-electron chi connectivity index (χ4n) is 5.52. The minimum atomic E-state index is -2.53. The third-order valence-corrected chi connectivity index (χ3v) is 7.65. The van der Waals surface area contributed by atoms with Gasteiger partial charge in [0.25, 0.3) is 5.91 Å². The third-order valence-electron chi connectivity index (χ3n) is 7.65. The zero-order valence-electron chi connectivity index (χ0n) is 18.7. The van der Waals surface area contributed by atoms with Gasteiger partial charge in [-0.3, -0.25) is 14.4 Å². The van der Waals surface area contributed by atoms with E-state index in [1.807, 2.05) is 6.07 Å². The Balaban J connectivity index is 1.81. The molecule has 0 aromatic heterocycles. The second-order valence-electron chi connectivity index (χ2n) is 9.56. The number of carbonyl (C=O) groups is 3. The quantitative estimate of drug-likeness (QED) is 0.427. The van der Waals surface area contributed by atoms with Crippen molar-refractivity contribution in [2.45, 2.75) is 58.0 Å². The van der Waals surface area contributed by atoms with Crippen LogP contribution in [0.2, 0.25) is 0 Å². The number of Topliss-reactive ketones (excluding diaryl/α,β-unsaturated/α-hetero) is 2. The highest BCUT2D eigenvalue weighted by Crippen LogP contribution is 2.51. The van der Waals surface area contributed by atoms with E-state index in [4.69, 9.17) is 5.73 Å². The minimum Gasteiger partial charge on any atom is -0.511 e. The summed E-state index contributed by atoms with van der Waals surface area (Å²) in [5, 5.41) is 43.0. The van der Waals surface area contributed by atoms with Crippen molar-refractivity contribution in [1.29, 1.82) is 0 Å². The maximum absolute atomic E-state index is 13.5. The number of nitrogens with two attached hydrogens (primary N) is 1. The van der Waals surface area contributed by atoms with Crippen molar-refractivity contribution < 1.29 is 34.8 Å². The van der Waals surface area contributed by atoms with Crippen LogP contribution in [-0.2, 0) is 22.4 Å². The first-order chi connectivity index (χ1) is 15.5. The van der Waals surface area contributed by atoms with Crippen molar-refractivity contribution in [2.24, 2.45) is 23.5 Å². The number of aryl methyl sites for hydroxylation is 1. The fourth-order valence-corrected chi connectivity index (χ4v) is 5.52. The lowest BCUT2D eigenvalue weighted by molar-refractivity contribution is -0.144. The number of benzene rings is 1. The van der Waals surface area contributed by atoms with E-state index in [0.29, 0.717) is 12.3 Å². The average molecular weight is 456 g/mol. The average Bonchev–Trinajstić information content (AvgIpc) is 2.75. The molecule has 4 rings (SSSR count). The van der Waals surface area contributed by atoms with Crippen molar-refractivity contribution in [2.75, 3.05) is 0 Å². The maximum atomic E-state index is 13.5. The van der Waals surface area contributed by atoms with Gasteiger partial charge in [-0.25, -0.2) is 0 Å². The smallest absolute Gasteiger partial charge is 0.255 e. The van der Waals surface area contributed by atoms with Gasteiger partial charge in [0, 0.05) is 17.9 Å². The Bertz CT molecular complexity index is 1130. The van der Waals surface area contributed by atoms with Crippen LogP contribution in [0.4, 0.5) is 0 Å². The summed E-state index contributed by atoms with van der Waals surface area (Å²) < 4.78 is 0. The maximum Gasteiger partial charge on any atom is 0.255 e. The number of rotatable bonds is 5. The molecule has 176 valence electrons. The van der Waals surface area contributed by atoms with E-state index in [2.05, 4.69) is 13.8 Å². The Morgan fingerprint density at radius 3 is 2.55 bits per heavy atom. The van der Waals surface area contributed by atoms with Gasteiger partial charge in [-0.1, -0.05) is 26.3 Å². The first-order valence-corrected chi connectivity index (χ1v) is 11.3. The summed E-state index contributed by atoms with van der Waals surface area (Å²) in [4.78, 5) is 38.1. The first-order valence-electron chi connectivity index (χ1n) is 11.3. The molecular formula is C25H29NO7. The lowest BCUT2D eigenvalue weighted by Crippen LogP contribution is -2.57. The van der Waals surface area contributed by atoms with Crippen LogP contribution in [0.15, 0.2) is 34.8 Å². The van der Waals surface area contributed by atoms with E-state index in [0.717, 1.165) is 30.4 Å². The van der Waals surface area contributed by atoms with E-state index < -0.39 is 52.0 Å². The van der Waals surface area contributed by atoms with Crippen LogP contribution in [0.5, 0.6) is 5.75 Å². The van der Waals surface area contributed by atoms with Gasteiger partial charge in [-0.2, -0.15) is 0 Å². The molecule has 0 saturated heterocycles. The van der Waals surface area contributed by atoms with Crippen LogP contribution in [0, 0.1) is 17.8 Å². The van der Waals surface area contributed by atoms with Crippen molar-refractivity contribution >= 4 is 17.5 Å². The molecule has 1 unspecified atom stereocenters. The number of hydrogen-bond donors (Lipinski definition) is 5. The second kappa shape index (κ2) is 8.02. The van der Waals surface area contributed by atoms with Crippen LogP contribution in [0.25, 0.3) is 0 Å². The number of primary amides is 1. The largest absolute Gasteiger partial charge is 0.511 e. The van der Waals surface area contributed by atoms with Gasteiger partial charge in [-0.15, -0.1) is 0 Å². The van der Waals surface area contributed by atoms with Crippen molar-refractivity contribution in [3.63, 3.8) is 0 Å². The van der Waals surface area contributed by atoms with Gasteiger partial charge < -0.3 is 26.2 Å². The van der Waals surface area contributed by atoms with Crippen LogP contribution >= 0.6 is 0 Å². The molecule has 0 aliphatic heterocycles. The molecule has 1 aromatic carbocycles. The zero-order valence-corrected chi connectivity index (χ0v) is 18.7. The Morgan fingerprint density at radius 1 is 1.21 bits per heavy atom. The Kier molecular flexibility index (Phi) is 5.60. The van der Waals surface area contributed by atoms with Gasteiger partial charge in [0.1, 0.15) is 22.8 Å². The standard InChI is InChI=1S/C25H29NO7/c1-3-11(2)4-5-12-6-7-16(27)19-15(12)9-13-8-14-10-17(28)20(24(26)32)23(31)25(14,33)22(30)18(13)21(19)29/h6-7,11,13-14,27-28,30,33H,3-5,8-10H2,1-2H3,(H2,26,32)/t11?,13-,14+,25+/m1/s1. The van der Waals surface area contributed by atoms with Gasteiger partial charge in [-0.05, 0) is 54.7 Å². The molecule has 1 aromatic rings. The number of hydrogen-bond acceptors (Lipinski definition) is 7. The monoisotopic (exact) mass is 455 g/mol. The van der Waals surface area contributed by atoms with Gasteiger partial charge >= 0.3 is 0 Å². The molecule has 0 radical (unpaired) electrons. The Morgan fingerprint density at radius 2 is 1.91 bits per heavy atom. The molecule has 0 spiro atoms. The van der Waals surface area contributed by atoms with Gasteiger partial charge in [0.05, 0.1) is 5.56 Å². The summed E-state index contributed by atoms with van der Waals surface area (Å²) in [7, 11) is 0. The number of aromatic hydroxyl groups is 1. The van der Waals surface area contributed by atoms with E-state index in [1.165, 1.54) is 6.07 Å². The molecular weight excluding hydrogens is 426 g/mol. The molecule has 3 aliphatic carbocycles. The fraction of sp³-hybridized carbons (Fsp3) is 0.480. The summed E-state index contributed by atoms with van der Waals surface area (Å²) in [6.45, 7) is 4.27.